The first-order chi connectivity index (χ1) is 13.0. The Morgan fingerprint density at radius 3 is 2.39 bits per heavy atom. The summed E-state index contributed by atoms with van der Waals surface area (Å²) in [6.07, 6.45) is 0.838. The molecule has 7 nitrogen and oxygen atoms in total. The zero-order valence-electron chi connectivity index (χ0n) is 15.3. The lowest BCUT2D eigenvalue weighted by Gasteiger charge is -2.22. The fraction of sp³-hybridized carbons (Fsp3) is 0.222. The minimum atomic E-state index is -3.96. The highest BCUT2D eigenvalue weighted by Gasteiger charge is 2.23. The van der Waals surface area contributed by atoms with Crippen LogP contribution in [0.25, 0.3) is 0 Å². The number of anilines is 2. The van der Waals surface area contributed by atoms with Gasteiger partial charge in [0.05, 0.1) is 24.6 Å². The van der Waals surface area contributed by atoms with Crippen LogP contribution in [0.5, 0.6) is 0 Å². The number of ether oxygens (including phenoxy) is 1. The van der Waals surface area contributed by atoms with E-state index in [0.29, 0.717) is 15.9 Å². The summed E-state index contributed by atoms with van der Waals surface area (Å²) in [6.45, 7) is 0.914. The van der Waals surface area contributed by atoms with Crippen LogP contribution < -0.4 is 9.62 Å². The fourth-order valence-corrected chi connectivity index (χ4v) is 3.31. The van der Waals surface area contributed by atoms with Gasteiger partial charge in [-0.2, -0.15) is 0 Å². The van der Waals surface area contributed by atoms with Crippen molar-refractivity contribution in [2.45, 2.75) is 6.92 Å². The van der Waals surface area contributed by atoms with E-state index in [-0.39, 0.29) is 16.9 Å². The van der Waals surface area contributed by atoms with E-state index < -0.39 is 40.1 Å². The summed E-state index contributed by atoms with van der Waals surface area (Å²) in [4.78, 5) is 24.1. The molecule has 2 aromatic carbocycles. The number of nitrogens with one attached hydrogen (secondary N) is 1. The Kier molecular flexibility index (Phi) is 6.34. The van der Waals surface area contributed by atoms with Crippen molar-refractivity contribution in [3.05, 3.63) is 59.2 Å². The monoisotopic (exact) mass is 412 g/mol. The van der Waals surface area contributed by atoms with Gasteiger partial charge in [-0.3, -0.25) is 9.10 Å². The SMILES string of the molecule is COC(=O)c1cccc(NC(=O)CN(c2ccc(F)c(F)c2)S(C)(=O)=O)c1C. The maximum atomic E-state index is 13.5. The first-order valence-electron chi connectivity index (χ1n) is 7.95. The molecule has 1 amide bonds. The first kappa shape index (κ1) is 21.3. The second-order valence-corrected chi connectivity index (χ2v) is 7.79. The number of carbonyl (C=O) groups is 2. The summed E-state index contributed by atoms with van der Waals surface area (Å²) in [5.74, 6) is -3.71. The molecule has 0 aliphatic heterocycles. The Bertz CT molecular complexity index is 1020. The number of hydrogen-bond acceptors (Lipinski definition) is 5. The van der Waals surface area contributed by atoms with Gasteiger partial charge in [-0.05, 0) is 36.8 Å². The summed E-state index contributed by atoms with van der Waals surface area (Å²) in [5.41, 5.74) is 0.755. The normalized spacial score (nSPS) is 11.0. The second-order valence-electron chi connectivity index (χ2n) is 5.89. The average molecular weight is 412 g/mol. The minimum absolute atomic E-state index is 0.198. The number of halogens is 2. The molecule has 2 aromatic rings. The molecule has 0 bridgehead atoms. The van der Waals surface area contributed by atoms with Crippen LogP contribution in [0.3, 0.4) is 0 Å². The summed E-state index contributed by atoms with van der Waals surface area (Å²) < 4.78 is 56.0. The number of benzene rings is 2. The van der Waals surface area contributed by atoms with E-state index in [2.05, 4.69) is 10.1 Å². The third kappa shape index (κ3) is 4.83. The fourth-order valence-electron chi connectivity index (χ4n) is 2.46. The van der Waals surface area contributed by atoms with Crippen LogP contribution in [0.1, 0.15) is 15.9 Å². The van der Waals surface area contributed by atoms with Crippen molar-refractivity contribution in [3.63, 3.8) is 0 Å². The van der Waals surface area contributed by atoms with Crippen LogP contribution >= 0.6 is 0 Å². The maximum Gasteiger partial charge on any atom is 0.338 e. The number of esters is 1. The van der Waals surface area contributed by atoms with Gasteiger partial charge in [-0.1, -0.05) is 6.07 Å². The van der Waals surface area contributed by atoms with Gasteiger partial charge in [0.15, 0.2) is 11.6 Å². The molecule has 0 spiro atoms. The molecule has 0 fully saturated rings. The molecule has 0 aliphatic rings. The number of methoxy groups -OCH3 is 1. The van der Waals surface area contributed by atoms with Crippen molar-refractivity contribution in [1.82, 2.24) is 0 Å². The van der Waals surface area contributed by atoms with E-state index in [4.69, 9.17) is 0 Å². The lowest BCUT2D eigenvalue weighted by Crippen LogP contribution is -2.37. The van der Waals surface area contributed by atoms with Crippen LogP contribution in [-0.4, -0.2) is 40.2 Å². The minimum Gasteiger partial charge on any atom is -0.465 e. The van der Waals surface area contributed by atoms with Crippen molar-refractivity contribution < 1.29 is 31.5 Å². The lowest BCUT2D eigenvalue weighted by molar-refractivity contribution is -0.114. The van der Waals surface area contributed by atoms with Gasteiger partial charge in [0.2, 0.25) is 15.9 Å². The van der Waals surface area contributed by atoms with Gasteiger partial charge in [0.1, 0.15) is 6.54 Å². The molecular weight excluding hydrogens is 394 g/mol. The molecule has 1 N–H and O–H groups in total. The molecular formula is C18H18F2N2O5S. The summed E-state index contributed by atoms with van der Waals surface area (Å²) in [6, 6.07) is 7.08. The van der Waals surface area contributed by atoms with Crippen molar-refractivity contribution in [3.8, 4) is 0 Å². The van der Waals surface area contributed by atoms with Gasteiger partial charge in [-0.25, -0.2) is 22.0 Å². The van der Waals surface area contributed by atoms with Crippen LogP contribution in [0.4, 0.5) is 20.2 Å². The van der Waals surface area contributed by atoms with Gasteiger partial charge < -0.3 is 10.1 Å². The maximum absolute atomic E-state index is 13.5. The number of amides is 1. The quantitative estimate of drug-likeness (QED) is 0.736. The molecule has 0 atom stereocenters. The molecule has 0 aromatic heterocycles. The standard InChI is InChI=1S/C18H18F2N2O5S/c1-11-13(18(24)27-2)5-4-6-16(11)21-17(23)10-22(28(3,25)26)12-7-8-14(19)15(20)9-12/h4-9H,10H2,1-3H3,(H,21,23). The van der Waals surface area contributed by atoms with Gasteiger partial charge >= 0.3 is 5.97 Å². The van der Waals surface area contributed by atoms with E-state index >= 15 is 0 Å². The van der Waals surface area contributed by atoms with Crippen LogP contribution in [0.15, 0.2) is 36.4 Å². The molecule has 0 saturated heterocycles. The Balaban J connectivity index is 2.28. The van der Waals surface area contributed by atoms with Crippen molar-refractivity contribution >= 4 is 33.3 Å². The second kappa shape index (κ2) is 8.34. The Labute approximate surface area is 161 Å². The number of nitrogens with zero attached hydrogens (tertiary/aromatic N) is 1. The van der Waals surface area contributed by atoms with E-state index in [0.717, 1.165) is 18.4 Å². The highest BCUT2D eigenvalue weighted by atomic mass is 32.2. The molecule has 0 radical (unpaired) electrons. The van der Waals surface area contributed by atoms with Crippen molar-refractivity contribution in [1.29, 1.82) is 0 Å². The molecule has 2 rings (SSSR count). The Hall–Kier alpha value is -3.01. The summed E-state index contributed by atoms with van der Waals surface area (Å²) in [7, 11) is -2.74. The van der Waals surface area contributed by atoms with E-state index in [1.807, 2.05) is 0 Å². The predicted octanol–water partition coefficient (Wildman–Crippen LogP) is 2.46. The number of carbonyl (C=O) groups excluding carboxylic acids is 2. The molecule has 150 valence electrons. The lowest BCUT2D eigenvalue weighted by atomic mass is 10.1. The van der Waals surface area contributed by atoms with Gasteiger partial charge in [0, 0.05) is 11.8 Å². The zero-order chi connectivity index (χ0) is 21.1. The highest BCUT2D eigenvalue weighted by Crippen LogP contribution is 2.22. The van der Waals surface area contributed by atoms with Crippen molar-refractivity contribution in [2.24, 2.45) is 0 Å². The average Bonchev–Trinajstić information content (AvgIpc) is 2.62. The summed E-state index contributed by atoms with van der Waals surface area (Å²) in [5, 5.41) is 2.51. The van der Waals surface area contributed by atoms with E-state index in [1.165, 1.54) is 25.3 Å². The van der Waals surface area contributed by atoms with Crippen LogP contribution in [-0.2, 0) is 19.6 Å². The van der Waals surface area contributed by atoms with E-state index in [1.54, 1.807) is 6.92 Å². The van der Waals surface area contributed by atoms with Crippen molar-refractivity contribution in [2.75, 3.05) is 29.5 Å². The number of hydrogen-bond donors (Lipinski definition) is 1. The third-order valence-electron chi connectivity index (χ3n) is 3.89. The van der Waals surface area contributed by atoms with Crippen LogP contribution in [0, 0.1) is 18.6 Å². The zero-order valence-corrected chi connectivity index (χ0v) is 16.1. The first-order valence-corrected chi connectivity index (χ1v) is 9.80. The Morgan fingerprint density at radius 2 is 1.82 bits per heavy atom. The molecule has 0 aliphatic carbocycles. The van der Waals surface area contributed by atoms with Gasteiger partial charge in [0.25, 0.3) is 0 Å². The number of sulfonamides is 1. The third-order valence-corrected chi connectivity index (χ3v) is 5.03. The van der Waals surface area contributed by atoms with Gasteiger partial charge in [-0.15, -0.1) is 0 Å². The van der Waals surface area contributed by atoms with Crippen LogP contribution in [0.2, 0.25) is 0 Å². The highest BCUT2D eigenvalue weighted by molar-refractivity contribution is 7.92. The molecule has 0 heterocycles. The molecule has 0 saturated carbocycles. The summed E-state index contributed by atoms with van der Waals surface area (Å²) >= 11 is 0. The largest absolute Gasteiger partial charge is 0.465 e. The molecule has 0 unspecified atom stereocenters. The van der Waals surface area contributed by atoms with E-state index in [9.17, 15) is 26.8 Å². The molecule has 28 heavy (non-hydrogen) atoms. The smallest absolute Gasteiger partial charge is 0.338 e. The topological polar surface area (TPSA) is 92.8 Å². The number of rotatable bonds is 6. The predicted molar refractivity (Wildman–Crippen MR) is 99.7 cm³/mol. The Morgan fingerprint density at radius 1 is 1.14 bits per heavy atom. The molecule has 10 heteroatoms.